The maximum Gasteiger partial charge on any atom is 0.292 e. The lowest BCUT2D eigenvalue weighted by atomic mass is 10.1. The number of nitrogens with two attached hydrogens (primary N) is 1. The molecular formula is C15H23N3O3. The molecule has 6 nitrogen and oxygen atoms in total. The third-order valence-corrected chi connectivity index (χ3v) is 4.14. The Bertz CT molecular complexity index is 503. The predicted octanol–water partition coefficient (Wildman–Crippen LogP) is 2.42. The zero-order chi connectivity index (χ0) is 15.4. The minimum Gasteiger partial charge on any atom is -0.393 e. The Kier molecular flexibility index (Phi) is 5.14. The molecule has 21 heavy (non-hydrogen) atoms. The van der Waals surface area contributed by atoms with Gasteiger partial charge in [-0.3, -0.25) is 15.0 Å². The highest BCUT2D eigenvalue weighted by Gasteiger charge is 2.31. The van der Waals surface area contributed by atoms with Gasteiger partial charge in [0.1, 0.15) is 5.69 Å². The standard InChI is InChI=1S/C15H23N3O3/c1-11(13-4-5-13)17(7-8-21-2)10-12-3-6-15(18(19)20)14(16)9-12/h3,6,9,11,13H,4-5,7-8,10,16H2,1-2H3. The lowest BCUT2D eigenvalue weighted by molar-refractivity contribution is -0.383. The van der Waals surface area contributed by atoms with Crippen LogP contribution in [-0.2, 0) is 11.3 Å². The van der Waals surface area contributed by atoms with E-state index in [0.717, 1.165) is 24.6 Å². The molecule has 0 radical (unpaired) electrons. The average Bonchev–Trinajstić information content (AvgIpc) is 3.26. The first-order valence-electron chi connectivity index (χ1n) is 7.28. The molecule has 0 saturated heterocycles. The Balaban J connectivity index is 2.08. The molecule has 0 heterocycles. The molecule has 0 spiro atoms. The molecule has 1 aromatic carbocycles. The number of anilines is 1. The Hall–Kier alpha value is -1.66. The van der Waals surface area contributed by atoms with Crippen LogP contribution >= 0.6 is 0 Å². The van der Waals surface area contributed by atoms with Crippen LogP contribution in [0.3, 0.4) is 0 Å². The maximum atomic E-state index is 10.8. The summed E-state index contributed by atoms with van der Waals surface area (Å²) in [5.41, 5.74) is 6.96. The van der Waals surface area contributed by atoms with Crippen molar-refractivity contribution >= 4 is 11.4 Å². The first kappa shape index (κ1) is 15.7. The topological polar surface area (TPSA) is 81.6 Å². The van der Waals surface area contributed by atoms with Gasteiger partial charge < -0.3 is 10.5 Å². The van der Waals surface area contributed by atoms with Gasteiger partial charge in [0.25, 0.3) is 5.69 Å². The number of methoxy groups -OCH3 is 1. The van der Waals surface area contributed by atoms with Crippen LogP contribution in [0.1, 0.15) is 25.3 Å². The van der Waals surface area contributed by atoms with Crippen molar-refractivity contribution in [1.82, 2.24) is 4.90 Å². The van der Waals surface area contributed by atoms with Crippen LogP contribution in [0.2, 0.25) is 0 Å². The lowest BCUT2D eigenvalue weighted by Crippen LogP contribution is -2.36. The van der Waals surface area contributed by atoms with E-state index in [9.17, 15) is 10.1 Å². The fourth-order valence-electron chi connectivity index (χ4n) is 2.62. The number of nitro groups is 1. The highest BCUT2D eigenvalue weighted by Crippen LogP contribution is 2.35. The van der Waals surface area contributed by atoms with Crippen molar-refractivity contribution in [3.8, 4) is 0 Å². The quantitative estimate of drug-likeness (QED) is 0.452. The van der Waals surface area contributed by atoms with Gasteiger partial charge in [-0.1, -0.05) is 6.07 Å². The normalized spacial score (nSPS) is 16.1. The molecule has 116 valence electrons. The third kappa shape index (κ3) is 4.15. The summed E-state index contributed by atoms with van der Waals surface area (Å²) in [6, 6.07) is 5.48. The van der Waals surface area contributed by atoms with Gasteiger partial charge in [-0.05, 0) is 37.3 Å². The first-order valence-corrected chi connectivity index (χ1v) is 7.28. The number of nitro benzene ring substituents is 1. The maximum absolute atomic E-state index is 10.8. The van der Waals surface area contributed by atoms with E-state index in [1.165, 1.54) is 18.9 Å². The van der Waals surface area contributed by atoms with E-state index >= 15 is 0 Å². The summed E-state index contributed by atoms with van der Waals surface area (Å²) in [5, 5.41) is 10.8. The number of nitrogens with zero attached hydrogens (tertiary/aromatic N) is 2. The van der Waals surface area contributed by atoms with Crippen LogP contribution in [-0.4, -0.2) is 36.1 Å². The molecule has 1 aromatic rings. The predicted molar refractivity (Wildman–Crippen MR) is 82.0 cm³/mol. The van der Waals surface area contributed by atoms with Crippen LogP contribution in [0.25, 0.3) is 0 Å². The number of hydrogen-bond donors (Lipinski definition) is 1. The van der Waals surface area contributed by atoms with Gasteiger partial charge in [0.15, 0.2) is 0 Å². The SMILES string of the molecule is COCCN(Cc1ccc([N+](=O)[O-])c(N)c1)C(C)C1CC1. The average molecular weight is 293 g/mol. The highest BCUT2D eigenvalue weighted by atomic mass is 16.6. The summed E-state index contributed by atoms with van der Waals surface area (Å²) in [4.78, 5) is 12.7. The van der Waals surface area contributed by atoms with Crippen molar-refractivity contribution in [3.05, 3.63) is 33.9 Å². The van der Waals surface area contributed by atoms with Crippen molar-refractivity contribution in [1.29, 1.82) is 0 Å². The van der Waals surface area contributed by atoms with Crippen molar-refractivity contribution < 1.29 is 9.66 Å². The molecular weight excluding hydrogens is 270 g/mol. The fourth-order valence-corrected chi connectivity index (χ4v) is 2.62. The molecule has 6 heteroatoms. The van der Waals surface area contributed by atoms with Crippen LogP contribution in [0.4, 0.5) is 11.4 Å². The Labute approximate surface area is 125 Å². The van der Waals surface area contributed by atoms with Crippen LogP contribution < -0.4 is 5.73 Å². The summed E-state index contributed by atoms with van der Waals surface area (Å²) in [6.07, 6.45) is 2.57. The van der Waals surface area contributed by atoms with Crippen molar-refractivity contribution in [2.75, 3.05) is 26.0 Å². The first-order chi connectivity index (χ1) is 10.0. The molecule has 0 aromatic heterocycles. The van der Waals surface area contributed by atoms with Crippen molar-refractivity contribution in [3.63, 3.8) is 0 Å². The molecule has 0 bridgehead atoms. The van der Waals surface area contributed by atoms with Gasteiger partial charge in [-0.15, -0.1) is 0 Å². The second-order valence-electron chi connectivity index (χ2n) is 5.69. The summed E-state index contributed by atoms with van der Waals surface area (Å²) in [7, 11) is 1.70. The summed E-state index contributed by atoms with van der Waals surface area (Å²) >= 11 is 0. The van der Waals surface area contributed by atoms with Gasteiger partial charge in [0.05, 0.1) is 11.5 Å². The molecule has 1 aliphatic rings. The van der Waals surface area contributed by atoms with E-state index in [4.69, 9.17) is 10.5 Å². The minimum absolute atomic E-state index is 0.0302. The van der Waals surface area contributed by atoms with E-state index in [2.05, 4.69) is 11.8 Å². The van der Waals surface area contributed by atoms with Crippen molar-refractivity contribution in [2.45, 2.75) is 32.4 Å². The van der Waals surface area contributed by atoms with Gasteiger partial charge in [0.2, 0.25) is 0 Å². The van der Waals surface area contributed by atoms with E-state index in [1.807, 2.05) is 0 Å². The minimum atomic E-state index is -0.450. The monoisotopic (exact) mass is 293 g/mol. The van der Waals surface area contributed by atoms with Gasteiger partial charge >= 0.3 is 0 Å². The number of benzene rings is 1. The summed E-state index contributed by atoms with van der Waals surface area (Å²) in [5.74, 6) is 0.761. The number of rotatable bonds is 8. The molecule has 0 amide bonds. The van der Waals surface area contributed by atoms with Gasteiger partial charge in [0, 0.05) is 32.3 Å². The van der Waals surface area contributed by atoms with E-state index in [-0.39, 0.29) is 11.4 Å². The smallest absolute Gasteiger partial charge is 0.292 e. The van der Waals surface area contributed by atoms with E-state index in [1.54, 1.807) is 19.2 Å². The van der Waals surface area contributed by atoms with Gasteiger partial charge in [-0.25, -0.2) is 0 Å². The molecule has 1 fully saturated rings. The molecule has 0 aliphatic heterocycles. The van der Waals surface area contributed by atoms with E-state index in [0.29, 0.717) is 12.6 Å². The molecule has 2 rings (SSSR count). The van der Waals surface area contributed by atoms with Crippen LogP contribution in [0, 0.1) is 16.0 Å². The van der Waals surface area contributed by atoms with Gasteiger partial charge in [-0.2, -0.15) is 0 Å². The highest BCUT2D eigenvalue weighted by molar-refractivity contribution is 5.59. The second-order valence-corrected chi connectivity index (χ2v) is 5.69. The molecule has 1 atom stereocenters. The molecule has 1 aliphatic carbocycles. The summed E-state index contributed by atoms with van der Waals surface area (Å²) < 4.78 is 5.18. The zero-order valence-electron chi connectivity index (χ0n) is 12.6. The summed E-state index contributed by atoms with van der Waals surface area (Å²) in [6.45, 7) is 4.51. The van der Waals surface area contributed by atoms with Crippen LogP contribution in [0.15, 0.2) is 18.2 Å². The molecule has 1 unspecified atom stereocenters. The third-order valence-electron chi connectivity index (χ3n) is 4.14. The molecule has 1 saturated carbocycles. The van der Waals surface area contributed by atoms with Crippen molar-refractivity contribution in [2.24, 2.45) is 5.92 Å². The largest absolute Gasteiger partial charge is 0.393 e. The van der Waals surface area contributed by atoms with Crippen LogP contribution in [0.5, 0.6) is 0 Å². The number of hydrogen-bond acceptors (Lipinski definition) is 5. The lowest BCUT2D eigenvalue weighted by Gasteiger charge is -2.29. The number of nitrogen functional groups attached to an aromatic ring is 1. The van der Waals surface area contributed by atoms with E-state index < -0.39 is 4.92 Å². The Morgan fingerprint density at radius 2 is 2.24 bits per heavy atom. The molecule has 2 N–H and O–H groups in total. The number of ether oxygens (including phenoxy) is 1. The Morgan fingerprint density at radius 3 is 2.76 bits per heavy atom. The second kappa shape index (κ2) is 6.87. The fraction of sp³-hybridized carbons (Fsp3) is 0.600. The zero-order valence-corrected chi connectivity index (χ0v) is 12.6. The Morgan fingerprint density at radius 1 is 1.52 bits per heavy atom.